The molecular weight excluding hydrogens is 192 g/mol. The van der Waals surface area contributed by atoms with E-state index in [4.69, 9.17) is 5.11 Å². The second-order valence-electron chi connectivity index (χ2n) is 3.22. The van der Waals surface area contributed by atoms with Crippen LogP contribution in [0.2, 0.25) is 0 Å². The summed E-state index contributed by atoms with van der Waals surface area (Å²) in [4.78, 5) is 10.7. The van der Waals surface area contributed by atoms with Gasteiger partial charge in [0.1, 0.15) is 0 Å². The third-order valence-electron chi connectivity index (χ3n) is 2.18. The van der Waals surface area contributed by atoms with E-state index in [2.05, 4.69) is 5.10 Å². The Hall–Kier alpha value is -2.10. The summed E-state index contributed by atoms with van der Waals surface area (Å²) >= 11 is 0. The zero-order chi connectivity index (χ0) is 10.8. The highest BCUT2D eigenvalue weighted by atomic mass is 16.4. The highest BCUT2D eigenvalue weighted by Gasteiger charge is 2.09. The Morgan fingerprint density at radius 2 is 2.00 bits per heavy atom. The van der Waals surface area contributed by atoms with Crippen LogP contribution >= 0.6 is 0 Å². The van der Waals surface area contributed by atoms with Gasteiger partial charge in [0.25, 0.3) is 0 Å². The minimum atomic E-state index is -1.07. The lowest BCUT2D eigenvalue weighted by atomic mass is 10.1. The smallest absolute Gasteiger partial charge is 0.432 e. The van der Waals surface area contributed by atoms with Crippen LogP contribution in [-0.2, 0) is 0 Å². The number of aromatic nitrogens is 2. The van der Waals surface area contributed by atoms with Crippen molar-refractivity contribution < 1.29 is 9.90 Å². The fraction of sp³-hybridized carbons (Fsp3) is 0.0909. The summed E-state index contributed by atoms with van der Waals surface area (Å²) in [6, 6.07) is 9.59. The van der Waals surface area contributed by atoms with E-state index < -0.39 is 6.09 Å². The first-order valence-electron chi connectivity index (χ1n) is 4.53. The predicted octanol–water partition coefficient (Wildman–Crippen LogP) is 2.38. The fourth-order valence-electron chi connectivity index (χ4n) is 1.46. The maximum Gasteiger partial charge on any atom is 0.432 e. The monoisotopic (exact) mass is 202 g/mol. The molecule has 0 radical (unpaired) electrons. The van der Waals surface area contributed by atoms with Crippen molar-refractivity contribution >= 4 is 6.09 Å². The van der Waals surface area contributed by atoms with E-state index in [1.165, 1.54) is 6.20 Å². The van der Waals surface area contributed by atoms with Crippen molar-refractivity contribution in [3.8, 4) is 11.1 Å². The molecule has 76 valence electrons. The number of carboxylic acid groups (broad SMARTS) is 1. The van der Waals surface area contributed by atoms with E-state index in [0.717, 1.165) is 15.8 Å². The molecule has 0 saturated heterocycles. The quantitative estimate of drug-likeness (QED) is 0.772. The minimum Gasteiger partial charge on any atom is -0.463 e. The SMILES string of the molecule is Cc1nn(C(=O)O)cc1-c1ccccc1. The number of hydrogen-bond acceptors (Lipinski definition) is 2. The van der Waals surface area contributed by atoms with Crippen LogP contribution in [0.4, 0.5) is 4.79 Å². The van der Waals surface area contributed by atoms with Gasteiger partial charge in [-0.2, -0.15) is 9.78 Å². The number of rotatable bonds is 1. The molecule has 1 N–H and O–H groups in total. The summed E-state index contributed by atoms with van der Waals surface area (Å²) in [6.07, 6.45) is 0.452. The van der Waals surface area contributed by atoms with Gasteiger partial charge in [0, 0.05) is 11.8 Å². The summed E-state index contributed by atoms with van der Waals surface area (Å²) in [6.45, 7) is 1.79. The van der Waals surface area contributed by atoms with Gasteiger partial charge < -0.3 is 5.11 Å². The van der Waals surface area contributed by atoms with Crippen LogP contribution in [0, 0.1) is 6.92 Å². The minimum absolute atomic E-state index is 0.712. The number of benzene rings is 1. The Morgan fingerprint density at radius 1 is 1.33 bits per heavy atom. The molecule has 0 bridgehead atoms. The van der Waals surface area contributed by atoms with Gasteiger partial charge >= 0.3 is 6.09 Å². The average molecular weight is 202 g/mol. The summed E-state index contributed by atoms with van der Waals surface area (Å²) in [5.41, 5.74) is 2.53. The molecule has 0 saturated carbocycles. The topological polar surface area (TPSA) is 55.1 Å². The number of nitrogens with zero attached hydrogens (tertiary/aromatic N) is 2. The number of aryl methyl sites for hydroxylation is 1. The molecule has 1 aromatic carbocycles. The summed E-state index contributed by atoms with van der Waals surface area (Å²) in [5, 5.41) is 12.7. The average Bonchev–Trinajstić information content (AvgIpc) is 2.62. The van der Waals surface area contributed by atoms with E-state index in [0.29, 0.717) is 5.69 Å². The molecule has 2 aromatic rings. The summed E-state index contributed by atoms with van der Waals surface area (Å²) < 4.78 is 0.928. The first-order chi connectivity index (χ1) is 7.18. The van der Waals surface area contributed by atoms with Crippen molar-refractivity contribution in [2.75, 3.05) is 0 Å². The standard InChI is InChI=1S/C11H10N2O2/c1-8-10(7-13(12-8)11(14)15)9-5-3-2-4-6-9/h2-7H,1H3,(H,14,15). The largest absolute Gasteiger partial charge is 0.463 e. The summed E-state index contributed by atoms with van der Waals surface area (Å²) in [5.74, 6) is 0. The third kappa shape index (κ3) is 1.74. The van der Waals surface area contributed by atoms with E-state index >= 15 is 0 Å². The van der Waals surface area contributed by atoms with Gasteiger partial charge in [-0.3, -0.25) is 0 Å². The second-order valence-corrected chi connectivity index (χ2v) is 3.22. The van der Waals surface area contributed by atoms with Crippen LogP contribution in [0.3, 0.4) is 0 Å². The number of hydrogen-bond donors (Lipinski definition) is 1. The van der Waals surface area contributed by atoms with Crippen molar-refractivity contribution in [3.05, 3.63) is 42.2 Å². The molecule has 0 aliphatic carbocycles. The van der Waals surface area contributed by atoms with Gasteiger partial charge in [0.2, 0.25) is 0 Å². The predicted molar refractivity (Wildman–Crippen MR) is 55.8 cm³/mol. The van der Waals surface area contributed by atoms with Crippen LogP contribution in [0.1, 0.15) is 5.69 Å². The van der Waals surface area contributed by atoms with Gasteiger partial charge in [-0.25, -0.2) is 4.79 Å². The highest BCUT2D eigenvalue weighted by molar-refractivity contribution is 5.72. The lowest BCUT2D eigenvalue weighted by Gasteiger charge is -1.96. The molecule has 0 aliphatic heterocycles. The molecule has 4 nitrogen and oxygen atoms in total. The molecule has 15 heavy (non-hydrogen) atoms. The van der Waals surface area contributed by atoms with E-state index in [1.807, 2.05) is 30.3 Å². The van der Waals surface area contributed by atoms with Gasteiger partial charge in [-0.15, -0.1) is 0 Å². The first-order valence-corrected chi connectivity index (χ1v) is 4.53. The second kappa shape index (κ2) is 3.57. The van der Waals surface area contributed by atoms with Crippen molar-refractivity contribution in [2.45, 2.75) is 6.92 Å². The Bertz CT molecular complexity index is 489. The molecular formula is C11H10N2O2. The molecule has 1 aromatic heterocycles. The van der Waals surface area contributed by atoms with Gasteiger partial charge in [0.05, 0.1) is 5.69 Å². The highest BCUT2D eigenvalue weighted by Crippen LogP contribution is 2.21. The fourth-order valence-corrected chi connectivity index (χ4v) is 1.46. The Balaban J connectivity index is 2.50. The maximum atomic E-state index is 10.7. The molecule has 1 heterocycles. The van der Waals surface area contributed by atoms with Crippen LogP contribution in [-0.4, -0.2) is 21.0 Å². The molecule has 2 rings (SSSR count). The van der Waals surface area contributed by atoms with Crippen molar-refractivity contribution in [1.29, 1.82) is 0 Å². The first kappa shape index (κ1) is 9.45. The zero-order valence-electron chi connectivity index (χ0n) is 8.21. The van der Waals surface area contributed by atoms with Crippen molar-refractivity contribution in [2.24, 2.45) is 0 Å². The van der Waals surface area contributed by atoms with E-state index in [1.54, 1.807) is 6.92 Å². The molecule has 4 heteroatoms. The Kier molecular flexibility index (Phi) is 2.25. The molecule has 0 atom stereocenters. The molecule has 0 unspecified atom stereocenters. The van der Waals surface area contributed by atoms with Crippen LogP contribution in [0.15, 0.2) is 36.5 Å². The van der Waals surface area contributed by atoms with Gasteiger partial charge in [0.15, 0.2) is 0 Å². The van der Waals surface area contributed by atoms with E-state index in [-0.39, 0.29) is 0 Å². The maximum absolute atomic E-state index is 10.7. The van der Waals surface area contributed by atoms with E-state index in [9.17, 15) is 4.79 Å². The lowest BCUT2D eigenvalue weighted by Crippen LogP contribution is -2.07. The van der Waals surface area contributed by atoms with Gasteiger partial charge in [-0.05, 0) is 12.5 Å². The van der Waals surface area contributed by atoms with Crippen LogP contribution in [0.5, 0.6) is 0 Å². The van der Waals surface area contributed by atoms with Crippen LogP contribution in [0.25, 0.3) is 11.1 Å². The van der Waals surface area contributed by atoms with Crippen LogP contribution < -0.4 is 0 Å². The lowest BCUT2D eigenvalue weighted by molar-refractivity contribution is 0.192. The molecule has 0 aliphatic rings. The third-order valence-corrected chi connectivity index (χ3v) is 2.18. The van der Waals surface area contributed by atoms with Gasteiger partial charge in [-0.1, -0.05) is 30.3 Å². The Morgan fingerprint density at radius 3 is 2.53 bits per heavy atom. The molecule has 0 spiro atoms. The zero-order valence-corrected chi connectivity index (χ0v) is 8.21. The van der Waals surface area contributed by atoms with Crippen molar-refractivity contribution in [3.63, 3.8) is 0 Å². The van der Waals surface area contributed by atoms with Crippen molar-refractivity contribution in [1.82, 2.24) is 9.78 Å². The normalized spacial score (nSPS) is 10.2. The molecule has 0 amide bonds. The Labute approximate surface area is 86.8 Å². The molecule has 0 fully saturated rings. The number of carbonyl (C=O) groups is 1. The summed E-state index contributed by atoms with van der Waals surface area (Å²) in [7, 11) is 0.